The van der Waals surface area contributed by atoms with E-state index in [4.69, 9.17) is 10.5 Å². The first-order valence-corrected chi connectivity index (χ1v) is 9.05. The molecule has 2 aromatic carbocycles. The van der Waals surface area contributed by atoms with Gasteiger partial charge < -0.3 is 15.4 Å². The normalized spacial score (nSPS) is 13.1. The van der Waals surface area contributed by atoms with Crippen LogP contribution in [0.25, 0.3) is 0 Å². The number of nitrogens with zero attached hydrogens (tertiary/aromatic N) is 3. The van der Waals surface area contributed by atoms with Crippen LogP contribution in [0, 0.1) is 20.2 Å². The fourth-order valence-electron chi connectivity index (χ4n) is 3.27. The number of carbonyl (C=O) groups is 2. The van der Waals surface area contributed by atoms with E-state index in [-0.39, 0.29) is 22.4 Å². The van der Waals surface area contributed by atoms with Crippen molar-refractivity contribution in [2.45, 2.75) is 19.4 Å². The Morgan fingerprint density at radius 1 is 1.03 bits per heavy atom. The molecule has 0 unspecified atom stereocenters. The highest BCUT2D eigenvalue weighted by Gasteiger charge is 2.24. The van der Waals surface area contributed by atoms with Crippen molar-refractivity contribution in [1.29, 1.82) is 0 Å². The minimum Gasteiger partial charge on any atom is -0.457 e. The maximum atomic E-state index is 12.7. The summed E-state index contributed by atoms with van der Waals surface area (Å²) in [5.41, 5.74) is 5.00. The molecule has 1 amide bonds. The van der Waals surface area contributed by atoms with E-state index in [0.29, 0.717) is 18.8 Å². The maximum Gasteiger partial charge on any atom is 0.340 e. The molecular weight excluding hydrogens is 396 g/mol. The Hall–Kier alpha value is -4.02. The van der Waals surface area contributed by atoms with Crippen molar-refractivity contribution in [1.82, 2.24) is 0 Å². The van der Waals surface area contributed by atoms with Gasteiger partial charge >= 0.3 is 5.97 Å². The average Bonchev–Trinajstić information content (AvgIpc) is 3.25. The summed E-state index contributed by atoms with van der Waals surface area (Å²) in [7, 11) is 0. The summed E-state index contributed by atoms with van der Waals surface area (Å²) < 4.78 is 5.23. The van der Waals surface area contributed by atoms with Crippen molar-refractivity contribution in [2.24, 2.45) is 5.73 Å². The molecule has 1 fully saturated rings. The molecule has 11 nitrogen and oxygen atoms in total. The van der Waals surface area contributed by atoms with Crippen molar-refractivity contribution in [3.8, 4) is 0 Å². The Bertz CT molecular complexity index is 1030. The van der Waals surface area contributed by atoms with Gasteiger partial charge in [0.15, 0.2) is 0 Å². The first-order valence-electron chi connectivity index (χ1n) is 9.05. The topological polar surface area (TPSA) is 159 Å². The third-order valence-corrected chi connectivity index (χ3v) is 4.78. The highest BCUT2D eigenvalue weighted by Crippen LogP contribution is 2.29. The second-order valence-electron chi connectivity index (χ2n) is 6.69. The van der Waals surface area contributed by atoms with Crippen molar-refractivity contribution >= 4 is 28.9 Å². The van der Waals surface area contributed by atoms with Crippen LogP contribution in [0.4, 0.5) is 17.1 Å². The summed E-state index contributed by atoms with van der Waals surface area (Å²) >= 11 is 0. The molecule has 2 aromatic rings. The zero-order valence-electron chi connectivity index (χ0n) is 15.8. The number of anilines is 1. The van der Waals surface area contributed by atoms with Gasteiger partial charge in [-0.2, -0.15) is 0 Å². The molecule has 156 valence electrons. The molecule has 1 heterocycles. The fraction of sp³-hybridized carbons (Fsp3) is 0.263. The molecule has 0 bridgehead atoms. The molecule has 0 saturated carbocycles. The Balaban J connectivity index is 1.87. The third kappa shape index (κ3) is 4.35. The second kappa shape index (κ2) is 8.55. The molecular formula is C19H18N4O7. The Kier molecular flexibility index (Phi) is 5.90. The number of hydrogen-bond acceptors (Lipinski definition) is 8. The summed E-state index contributed by atoms with van der Waals surface area (Å²) in [6.45, 7) is 0.965. The van der Waals surface area contributed by atoms with Gasteiger partial charge in [-0.1, -0.05) is 0 Å². The van der Waals surface area contributed by atoms with Gasteiger partial charge in [-0.25, -0.2) is 4.79 Å². The number of nitro benzene ring substituents is 2. The maximum absolute atomic E-state index is 12.7. The molecule has 0 aliphatic carbocycles. The summed E-state index contributed by atoms with van der Waals surface area (Å²) in [6, 6.07) is 7.54. The molecule has 0 aromatic heterocycles. The lowest BCUT2D eigenvalue weighted by Crippen LogP contribution is -2.21. The van der Waals surface area contributed by atoms with E-state index in [0.717, 1.165) is 25.0 Å². The van der Waals surface area contributed by atoms with E-state index in [1.54, 1.807) is 0 Å². The van der Waals surface area contributed by atoms with Crippen LogP contribution in [-0.2, 0) is 11.3 Å². The number of ether oxygens (including phenoxy) is 1. The standard InChI is InChI=1S/C19H18N4O7/c20-18(24)12-3-4-13(17(9-12)23(28)29)11-30-19(25)15-10-14(22(26)27)5-6-16(15)21-7-1-2-8-21/h3-6,9-10H,1-2,7-8,11H2,(H2,20,24). The number of non-ortho nitro benzene ring substituents is 1. The van der Waals surface area contributed by atoms with Gasteiger partial charge in [0.2, 0.25) is 5.91 Å². The van der Waals surface area contributed by atoms with Crippen LogP contribution in [-0.4, -0.2) is 34.8 Å². The van der Waals surface area contributed by atoms with Crippen LogP contribution in [0.5, 0.6) is 0 Å². The van der Waals surface area contributed by atoms with E-state index >= 15 is 0 Å². The molecule has 1 saturated heterocycles. The van der Waals surface area contributed by atoms with Gasteiger partial charge in [-0.05, 0) is 31.0 Å². The minimum atomic E-state index is -0.839. The highest BCUT2D eigenvalue weighted by atomic mass is 16.6. The predicted molar refractivity (Wildman–Crippen MR) is 105 cm³/mol. The van der Waals surface area contributed by atoms with Crippen LogP contribution < -0.4 is 10.6 Å². The number of hydrogen-bond donors (Lipinski definition) is 1. The largest absolute Gasteiger partial charge is 0.457 e. The van der Waals surface area contributed by atoms with Crippen LogP contribution >= 0.6 is 0 Å². The molecule has 0 spiro atoms. The number of nitro groups is 2. The number of amides is 1. The van der Waals surface area contributed by atoms with E-state index in [1.807, 2.05) is 4.90 Å². The molecule has 1 aliphatic heterocycles. The van der Waals surface area contributed by atoms with E-state index in [1.165, 1.54) is 24.3 Å². The van der Waals surface area contributed by atoms with E-state index in [2.05, 4.69) is 0 Å². The number of carbonyl (C=O) groups excluding carboxylic acids is 2. The van der Waals surface area contributed by atoms with Gasteiger partial charge in [-0.3, -0.25) is 25.0 Å². The van der Waals surface area contributed by atoms with Crippen LogP contribution in [0.1, 0.15) is 39.1 Å². The smallest absolute Gasteiger partial charge is 0.340 e. The van der Waals surface area contributed by atoms with Crippen molar-refractivity contribution < 1.29 is 24.2 Å². The summed E-state index contributed by atoms with van der Waals surface area (Å²) in [5.74, 6) is -1.66. The number of rotatable bonds is 7. The molecule has 0 radical (unpaired) electrons. The number of primary amides is 1. The van der Waals surface area contributed by atoms with Gasteiger partial charge in [-0.15, -0.1) is 0 Å². The monoisotopic (exact) mass is 414 g/mol. The summed E-state index contributed by atoms with van der Waals surface area (Å²) in [4.78, 5) is 47.0. The second-order valence-corrected chi connectivity index (χ2v) is 6.69. The number of esters is 1. The quantitative estimate of drug-likeness (QED) is 0.411. The van der Waals surface area contributed by atoms with Gasteiger partial charge in [0, 0.05) is 36.9 Å². The molecule has 2 N–H and O–H groups in total. The minimum absolute atomic E-state index is 0.0162. The molecule has 3 rings (SSSR count). The van der Waals surface area contributed by atoms with Crippen molar-refractivity contribution in [3.63, 3.8) is 0 Å². The predicted octanol–water partition coefficient (Wildman–Crippen LogP) is 2.56. The van der Waals surface area contributed by atoms with Gasteiger partial charge in [0.1, 0.15) is 6.61 Å². The van der Waals surface area contributed by atoms with Crippen LogP contribution in [0.3, 0.4) is 0 Å². The zero-order chi connectivity index (χ0) is 21.8. The number of benzene rings is 2. The fourth-order valence-corrected chi connectivity index (χ4v) is 3.27. The molecule has 0 atom stereocenters. The van der Waals surface area contributed by atoms with Crippen molar-refractivity contribution in [3.05, 3.63) is 73.3 Å². The Morgan fingerprint density at radius 2 is 1.73 bits per heavy atom. The molecule has 30 heavy (non-hydrogen) atoms. The Labute approximate surface area is 170 Å². The van der Waals surface area contributed by atoms with Crippen LogP contribution in [0.2, 0.25) is 0 Å². The SMILES string of the molecule is NC(=O)c1ccc(COC(=O)c2cc([N+](=O)[O-])ccc2N2CCCC2)c([N+](=O)[O-])c1. The summed E-state index contributed by atoms with van der Waals surface area (Å²) in [6.07, 6.45) is 1.87. The number of nitrogens with two attached hydrogens (primary N) is 1. The molecule has 1 aliphatic rings. The third-order valence-electron chi connectivity index (χ3n) is 4.78. The first kappa shape index (κ1) is 20.7. The first-order chi connectivity index (χ1) is 14.3. The average molecular weight is 414 g/mol. The van der Waals surface area contributed by atoms with E-state index in [9.17, 15) is 29.8 Å². The van der Waals surface area contributed by atoms with Crippen LogP contribution in [0.15, 0.2) is 36.4 Å². The van der Waals surface area contributed by atoms with Crippen molar-refractivity contribution in [2.75, 3.05) is 18.0 Å². The lowest BCUT2D eigenvalue weighted by atomic mass is 10.1. The molecule has 11 heteroatoms. The Morgan fingerprint density at radius 3 is 2.33 bits per heavy atom. The highest BCUT2D eigenvalue weighted by molar-refractivity contribution is 5.97. The summed E-state index contributed by atoms with van der Waals surface area (Å²) in [5, 5.41) is 22.4. The lowest BCUT2D eigenvalue weighted by molar-refractivity contribution is -0.385. The zero-order valence-corrected chi connectivity index (χ0v) is 15.8. The van der Waals surface area contributed by atoms with Gasteiger partial charge in [0.25, 0.3) is 11.4 Å². The lowest BCUT2D eigenvalue weighted by Gasteiger charge is -2.20. The van der Waals surface area contributed by atoms with E-state index < -0.39 is 34.0 Å². The van der Waals surface area contributed by atoms with Gasteiger partial charge in [0.05, 0.1) is 26.7 Å².